The molecule has 25 heavy (non-hydrogen) atoms. The van der Waals surface area contributed by atoms with Crippen LogP contribution in [0, 0.1) is 0 Å². The Morgan fingerprint density at radius 3 is 2.16 bits per heavy atom. The van der Waals surface area contributed by atoms with Gasteiger partial charge in [-0.1, -0.05) is 49.9 Å². The fourth-order valence-corrected chi connectivity index (χ4v) is 4.76. The molecule has 0 spiro atoms. The summed E-state index contributed by atoms with van der Waals surface area (Å²) in [6.07, 6.45) is 13.2. The molecule has 2 amide bonds. The third-order valence-corrected chi connectivity index (χ3v) is 6.17. The number of carbonyl (C=O) groups excluding carboxylic acids is 2. The highest BCUT2D eigenvalue weighted by Gasteiger charge is 2.32. The zero-order valence-electron chi connectivity index (χ0n) is 14.8. The van der Waals surface area contributed by atoms with Crippen LogP contribution in [0.25, 0.3) is 0 Å². The van der Waals surface area contributed by atoms with Crippen molar-refractivity contribution < 1.29 is 14.3 Å². The Morgan fingerprint density at radius 1 is 1.08 bits per heavy atom. The summed E-state index contributed by atoms with van der Waals surface area (Å²) in [5.41, 5.74) is 0. The van der Waals surface area contributed by atoms with Crippen molar-refractivity contribution in [3.05, 3.63) is 11.1 Å². The van der Waals surface area contributed by atoms with Crippen molar-refractivity contribution in [2.24, 2.45) is 0 Å². The third-order valence-electron chi connectivity index (χ3n) is 5.28. The molecule has 6 nitrogen and oxygen atoms in total. The van der Waals surface area contributed by atoms with E-state index in [4.69, 9.17) is 4.74 Å². The first kappa shape index (κ1) is 18.2. The van der Waals surface area contributed by atoms with Crippen LogP contribution in [0.3, 0.4) is 0 Å². The lowest BCUT2D eigenvalue weighted by atomic mass is 9.89. The SMILES string of the molecule is COC(=O)c1cnc(NC(=O)N(C2CCCCC2)C2CCCCC2)s1. The van der Waals surface area contributed by atoms with E-state index in [1.54, 1.807) is 0 Å². The number of urea groups is 1. The van der Waals surface area contributed by atoms with E-state index < -0.39 is 5.97 Å². The average molecular weight is 365 g/mol. The number of amides is 2. The molecule has 2 fully saturated rings. The molecule has 1 aromatic heterocycles. The quantitative estimate of drug-likeness (QED) is 0.801. The van der Waals surface area contributed by atoms with E-state index in [1.807, 2.05) is 0 Å². The number of rotatable bonds is 4. The minimum Gasteiger partial charge on any atom is -0.465 e. The largest absolute Gasteiger partial charge is 0.465 e. The number of hydrogen-bond acceptors (Lipinski definition) is 5. The van der Waals surface area contributed by atoms with E-state index in [0.29, 0.717) is 22.1 Å². The maximum absolute atomic E-state index is 13.0. The summed E-state index contributed by atoms with van der Waals surface area (Å²) in [6.45, 7) is 0. The summed E-state index contributed by atoms with van der Waals surface area (Å²) in [5.74, 6) is -0.422. The lowest BCUT2D eigenvalue weighted by Crippen LogP contribution is -2.50. The second-order valence-electron chi connectivity index (χ2n) is 6.94. The fraction of sp³-hybridized carbons (Fsp3) is 0.722. The Morgan fingerprint density at radius 2 is 1.64 bits per heavy atom. The van der Waals surface area contributed by atoms with Gasteiger partial charge in [0.2, 0.25) is 0 Å². The van der Waals surface area contributed by atoms with E-state index in [2.05, 4.69) is 15.2 Å². The molecule has 3 rings (SSSR count). The van der Waals surface area contributed by atoms with Gasteiger partial charge in [0, 0.05) is 12.1 Å². The number of nitrogens with zero attached hydrogens (tertiary/aromatic N) is 2. The number of methoxy groups -OCH3 is 1. The molecule has 1 aromatic rings. The van der Waals surface area contributed by atoms with E-state index in [9.17, 15) is 9.59 Å². The maximum atomic E-state index is 13.0. The fourth-order valence-electron chi connectivity index (χ4n) is 4.03. The van der Waals surface area contributed by atoms with E-state index in [0.717, 1.165) is 37.0 Å². The summed E-state index contributed by atoms with van der Waals surface area (Å²) in [6, 6.07) is 0.596. The average Bonchev–Trinajstić information content (AvgIpc) is 3.11. The van der Waals surface area contributed by atoms with Crippen molar-refractivity contribution in [1.29, 1.82) is 0 Å². The van der Waals surface area contributed by atoms with Crippen molar-refractivity contribution in [2.45, 2.75) is 76.3 Å². The molecule has 2 aliphatic carbocycles. The van der Waals surface area contributed by atoms with E-state index >= 15 is 0 Å². The van der Waals surface area contributed by atoms with Crippen LogP contribution >= 0.6 is 11.3 Å². The number of carbonyl (C=O) groups is 2. The highest BCUT2D eigenvalue weighted by molar-refractivity contribution is 7.17. The van der Waals surface area contributed by atoms with Crippen LogP contribution in [0.15, 0.2) is 6.20 Å². The van der Waals surface area contributed by atoms with Gasteiger partial charge in [-0.2, -0.15) is 0 Å². The van der Waals surface area contributed by atoms with Gasteiger partial charge >= 0.3 is 12.0 Å². The van der Waals surface area contributed by atoms with Crippen molar-refractivity contribution in [2.75, 3.05) is 12.4 Å². The summed E-state index contributed by atoms with van der Waals surface area (Å²) in [5, 5.41) is 3.38. The number of anilines is 1. The van der Waals surface area contributed by atoms with Crippen molar-refractivity contribution in [1.82, 2.24) is 9.88 Å². The van der Waals surface area contributed by atoms with E-state index in [-0.39, 0.29) is 6.03 Å². The molecule has 0 aromatic carbocycles. The molecule has 0 aliphatic heterocycles. The number of esters is 1. The second kappa shape index (κ2) is 8.65. The van der Waals surface area contributed by atoms with Gasteiger partial charge in [-0.05, 0) is 25.7 Å². The van der Waals surface area contributed by atoms with E-state index in [1.165, 1.54) is 51.8 Å². The molecule has 138 valence electrons. The van der Waals surface area contributed by atoms with Crippen molar-refractivity contribution >= 4 is 28.5 Å². The summed E-state index contributed by atoms with van der Waals surface area (Å²) >= 11 is 1.16. The van der Waals surface area contributed by atoms with Gasteiger partial charge < -0.3 is 9.64 Å². The first-order valence-corrected chi connectivity index (χ1v) is 10.1. The number of thiazole rings is 1. The monoisotopic (exact) mass is 365 g/mol. The molecule has 0 unspecified atom stereocenters. The third kappa shape index (κ3) is 4.51. The Balaban J connectivity index is 1.71. The predicted molar refractivity (Wildman–Crippen MR) is 98.1 cm³/mol. The number of aromatic nitrogens is 1. The molecule has 0 bridgehead atoms. The van der Waals surface area contributed by atoms with Gasteiger partial charge in [-0.25, -0.2) is 14.6 Å². The van der Waals surface area contributed by atoms with Crippen molar-refractivity contribution in [3.63, 3.8) is 0 Å². The van der Waals surface area contributed by atoms with Crippen LogP contribution in [-0.4, -0.2) is 41.1 Å². The smallest absolute Gasteiger partial charge is 0.349 e. The Bertz CT molecular complexity index is 574. The maximum Gasteiger partial charge on any atom is 0.349 e. The first-order valence-electron chi connectivity index (χ1n) is 9.32. The molecular formula is C18H27N3O3S. The van der Waals surface area contributed by atoms with Crippen LogP contribution in [0.2, 0.25) is 0 Å². The molecule has 0 radical (unpaired) electrons. The van der Waals surface area contributed by atoms with Gasteiger partial charge in [0.15, 0.2) is 5.13 Å². The molecule has 0 atom stereocenters. The highest BCUT2D eigenvalue weighted by atomic mass is 32.1. The first-order chi connectivity index (χ1) is 12.2. The minimum absolute atomic E-state index is 0.0652. The molecule has 0 saturated heterocycles. The summed E-state index contributed by atoms with van der Waals surface area (Å²) in [4.78, 5) is 31.2. The second-order valence-corrected chi connectivity index (χ2v) is 7.97. The van der Waals surface area contributed by atoms with Gasteiger partial charge in [-0.15, -0.1) is 0 Å². The predicted octanol–water partition coefficient (Wildman–Crippen LogP) is 4.43. The van der Waals surface area contributed by atoms with Gasteiger partial charge in [0.05, 0.1) is 13.3 Å². The zero-order chi connectivity index (χ0) is 17.6. The topological polar surface area (TPSA) is 71.5 Å². The summed E-state index contributed by atoms with van der Waals surface area (Å²) in [7, 11) is 1.34. The Kier molecular flexibility index (Phi) is 6.29. The highest BCUT2D eigenvalue weighted by Crippen LogP contribution is 2.31. The van der Waals surface area contributed by atoms with Crippen LogP contribution in [-0.2, 0) is 4.74 Å². The van der Waals surface area contributed by atoms with Crippen LogP contribution in [0.5, 0.6) is 0 Å². The van der Waals surface area contributed by atoms with Crippen LogP contribution in [0.4, 0.5) is 9.93 Å². The standard InChI is InChI=1S/C18H27N3O3S/c1-24-16(22)15-12-19-17(25-15)20-18(23)21(13-8-4-2-5-9-13)14-10-6-3-7-11-14/h12-14H,2-11H2,1H3,(H,19,20,23). The molecule has 7 heteroatoms. The molecule has 2 aliphatic rings. The van der Waals surface area contributed by atoms with Crippen LogP contribution < -0.4 is 5.32 Å². The van der Waals surface area contributed by atoms with Gasteiger partial charge in [-0.3, -0.25) is 5.32 Å². The normalized spacial score (nSPS) is 19.4. The molecular weight excluding hydrogens is 338 g/mol. The number of hydrogen-bond donors (Lipinski definition) is 1. The minimum atomic E-state index is -0.422. The lowest BCUT2D eigenvalue weighted by Gasteiger charge is -2.41. The molecule has 1 heterocycles. The van der Waals surface area contributed by atoms with Gasteiger partial charge in [0.1, 0.15) is 4.88 Å². The summed E-state index contributed by atoms with van der Waals surface area (Å²) < 4.78 is 4.70. The van der Waals surface area contributed by atoms with Crippen molar-refractivity contribution in [3.8, 4) is 0 Å². The Hall–Kier alpha value is -1.63. The molecule has 2 saturated carbocycles. The lowest BCUT2D eigenvalue weighted by molar-refractivity contribution is 0.0606. The Labute approximate surface area is 153 Å². The number of nitrogens with one attached hydrogen (secondary N) is 1. The van der Waals surface area contributed by atoms with Gasteiger partial charge in [0.25, 0.3) is 0 Å². The molecule has 1 N–H and O–H groups in total. The number of ether oxygens (including phenoxy) is 1. The van der Waals surface area contributed by atoms with Crippen LogP contribution in [0.1, 0.15) is 73.9 Å². The zero-order valence-corrected chi connectivity index (χ0v) is 15.6.